The number of para-hydroxylation sites is 1. The first-order valence-corrected chi connectivity index (χ1v) is 7.08. The Morgan fingerprint density at radius 2 is 1.94 bits per heavy atom. The minimum absolute atomic E-state index is 0.181. The number of nitrogens with one attached hydrogen (secondary N) is 1. The number of benzene rings is 1. The van der Waals surface area contributed by atoms with E-state index < -0.39 is 0 Å². The van der Waals surface area contributed by atoms with Gasteiger partial charge in [0.2, 0.25) is 0 Å². The van der Waals surface area contributed by atoms with Crippen LogP contribution in [0.25, 0.3) is 0 Å². The Bertz CT molecular complexity index is 392. The summed E-state index contributed by atoms with van der Waals surface area (Å²) in [5.41, 5.74) is 8.73. The first kappa shape index (κ1) is 13.4. The van der Waals surface area contributed by atoms with E-state index in [0.717, 1.165) is 6.54 Å². The molecule has 0 bridgehead atoms. The summed E-state index contributed by atoms with van der Waals surface area (Å²) >= 11 is 0. The average molecular weight is 246 g/mol. The van der Waals surface area contributed by atoms with Gasteiger partial charge >= 0.3 is 0 Å². The molecular weight excluding hydrogens is 220 g/mol. The molecule has 0 radical (unpaired) electrons. The summed E-state index contributed by atoms with van der Waals surface area (Å²) < 4.78 is 0. The molecule has 3 N–H and O–H groups in total. The van der Waals surface area contributed by atoms with E-state index in [9.17, 15) is 0 Å². The van der Waals surface area contributed by atoms with Gasteiger partial charge in [-0.25, -0.2) is 0 Å². The van der Waals surface area contributed by atoms with Crippen LogP contribution in [0.15, 0.2) is 24.3 Å². The van der Waals surface area contributed by atoms with E-state index in [0.29, 0.717) is 12.0 Å². The van der Waals surface area contributed by atoms with Gasteiger partial charge in [-0.15, -0.1) is 0 Å². The predicted octanol–water partition coefficient (Wildman–Crippen LogP) is 3.52. The van der Waals surface area contributed by atoms with E-state index in [1.807, 2.05) is 0 Å². The number of rotatable bonds is 3. The average Bonchev–Trinajstić information content (AvgIpc) is 2.75. The lowest BCUT2D eigenvalue weighted by atomic mass is 9.85. The zero-order valence-corrected chi connectivity index (χ0v) is 11.9. The Morgan fingerprint density at radius 1 is 1.22 bits per heavy atom. The number of nitrogens with two attached hydrogens (primary N) is 1. The lowest BCUT2D eigenvalue weighted by Gasteiger charge is -2.27. The van der Waals surface area contributed by atoms with Crippen molar-refractivity contribution < 1.29 is 0 Å². The smallest absolute Gasteiger partial charge is 0.0380 e. The highest BCUT2D eigenvalue weighted by Crippen LogP contribution is 2.33. The molecule has 0 aromatic heterocycles. The van der Waals surface area contributed by atoms with Gasteiger partial charge in [-0.3, -0.25) is 0 Å². The molecule has 2 nitrogen and oxygen atoms in total. The SMILES string of the molecule is CC(C)(C)c1ccccc1NC1CCCC1CN. The summed E-state index contributed by atoms with van der Waals surface area (Å²) in [5.74, 6) is 0.637. The van der Waals surface area contributed by atoms with Crippen LogP contribution in [0.5, 0.6) is 0 Å². The van der Waals surface area contributed by atoms with Crippen molar-refractivity contribution in [3.8, 4) is 0 Å². The second kappa shape index (κ2) is 5.31. The minimum atomic E-state index is 0.181. The maximum absolute atomic E-state index is 5.86. The van der Waals surface area contributed by atoms with E-state index in [1.165, 1.54) is 30.5 Å². The number of anilines is 1. The molecule has 2 heteroatoms. The normalized spacial score (nSPS) is 24.2. The van der Waals surface area contributed by atoms with Gasteiger partial charge in [0, 0.05) is 11.7 Å². The molecule has 100 valence electrons. The van der Waals surface area contributed by atoms with Crippen molar-refractivity contribution in [2.75, 3.05) is 11.9 Å². The first-order chi connectivity index (χ1) is 8.52. The Balaban J connectivity index is 2.19. The van der Waals surface area contributed by atoms with Crippen LogP contribution in [0.4, 0.5) is 5.69 Å². The third-order valence-corrected chi connectivity index (χ3v) is 4.04. The van der Waals surface area contributed by atoms with Crippen molar-refractivity contribution >= 4 is 5.69 Å². The fourth-order valence-electron chi connectivity index (χ4n) is 2.97. The summed E-state index contributed by atoms with van der Waals surface area (Å²) in [5, 5.41) is 3.74. The molecular formula is C16H26N2. The topological polar surface area (TPSA) is 38.0 Å². The van der Waals surface area contributed by atoms with E-state index in [4.69, 9.17) is 5.73 Å². The molecule has 0 spiro atoms. The number of hydrogen-bond acceptors (Lipinski definition) is 2. The minimum Gasteiger partial charge on any atom is -0.382 e. The standard InChI is InChI=1S/C16H26N2/c1-16(2,3)13-8-4-5-9-15(13)18-14-10-6-7-12(14)11-17/h4-5,8-9,12,14,18H,6-7,10-11,17H2,1-3H3. The van der Waals surface area contributed by atoms with Gasteiger partial charge in [-0.05, 0) is 42.3 Å². The third-order valence-electron chi connectivity index (χ3n) is 4.04. The summed E-state index contributed by atoms with van der Waals surface area (Å²) in [7, 11) is 0. The van der Waals surface area contributed by atoms with Crippen LogP contribution in [-0.4, -0.2) is 12.6 Å². The molecule has 1 aliphatic carbocycles. The Kier molecular flexibility index (Phi) is 3.96. The highest BCUT2D eigenvalue weighted by Gasteiger charge is 2.27. The molecule has 18 heavy (non-hydrogen) atoms. The maximum Gasteiger partial charge on any atom is 0.0380 e. The molecule has 0 heterocycles. The molecule has 0 aliphatic heterocycles. The molecule has 1 aliphatic rings. The van der Waals surface area contributed by atoms with Crippen molar-refractivity contribution in [2.24, 2.45) is 11.7 Å². The summed E-state index contributed by atoms with van der Waals surface area (Å²) in [6.07, 6.45) is 3.82. The van der Waals surface area contributed by atoms with E-state index >= 15 is 0 Å². The van der Waals surface area contributed by atoms with Gasteiger partial charge in [-0.1, -0.05) is 45.4 Å². The van der Waals surface area contributed by atoms with Crippen molar-refractivity contribution in [3.05, 3.63) is 29.8 Å². The van der Waals surface area contributed by atoms with Gasteiger partial charge < -0.3 is 11.1 Å². The molecule has 0 amide bonds. The van der Waals surface area contributed by atoms with Gasteiger partial charge in [0.05, 0.1) is 0 Å². The largest absolute Gasteiger partial charge is 0.382 e. The fourth-order valence-corrected chi connectivity index (χ4v) is 2.97. The monoisotopic (exact) mass is 246 g/mol. The van der Waals surface area contributed by atoms with Crippen LogP contribution in [0, 0.1) is 5.92 Å². The van der Waals surface area contributed by atoms with Crippen LogP contribution in [0.2, 0.25) is 0 Å². The summed E-state index contributed by atoms with van der Waals surface area (Å²) in [4.78, 5) is 0. The van der Waals surface area contributed by atoms with Gasteiger partial charge in [0.25, 0.3) is 0 Å². The Hall–Kier alpha value is -1.02. The molecule has 1 fully saturated rings. The van der Waals surface area contributed by atoms with Crippen LogP contribution in [0.1, 0.15) is 45.6 Å². The van der Waals surface area contributed by atoms with Crippen molar-refractivity contribution in [1.82, 2.24) is 0 Å². The quantitative estimate of drug-likeness (QED) is 0.856. The first-order valence-electron chi connectivity index (χ1n) is 7.08. The Labute approximate surface area is 111 Å². The maximum atomic E-state index is 5.86. The van der Waals surface area contributed by atoms with Crippen molar-refractivity contribution in [1.29, 1.82) is 0 Å². The van der Waals surface area contributed by atoms with E-state index in [1.54, 1.807) is 0 Å². The predicted molar refractivity (Wildman–Crippen MR) is 78.9 cm³/mol. The molecule has 2 unspecified atom stereocenters. The molecule has 0 saturated heterocycles. The third kappa shape index (κ3) is 2.86. The second-order valence-electron chi connectivity index (χ2n) is 6.47. The zero-order chi connectivity index (χ0) is 13.2. The molecule has 1 aromatic rings. The molecule has 2 rings (SSSR count). The molecule has 1 saturated carbocycles. The number of hydrogen-bond donors (Lipinski definition) is 2. The molecule has 2 atom stereocenters. The van der Waals surface area contributed by atoms with Crippen LogP contribution < -0.4 is 11.1 Å². The van der Waals surface area contributed by atoms with E-state index in [2.05, 4.69) is 50.4 Å². The second-order valence-corrected chi connectivity index (χ2v) is 6.47. The zero-order valence-electron chi connectivity index (χ0n) is 11.9. The summed E-state index contributed by atoms with van der Waals surface area (Å²) in [6, 6.07) is 9.23. The lowest BCUT2D eigenvalue weighted by molar-refractivity contribution is 0.514. The lowest BCUT2D eigenvalue weighted by Crippen LogP contribution is -2.30. The van der Waals surface area contributed by atoms with Gasteiger partial charge in [0.15, 0.2) is 0 Å². The van der Waals surface area contributed by atoms with Crippen molar-refractivity contribution in [3.63, 3.8) is 0 Å². The van der Waals surface area contributed by atoms with E-state index in [-0.39, 0.29) is 5.41 Å². The van der Waals surface area contributed by atoms with Crippen LogP contribution in [-0.2, 0) is 5.41 Å². The summed E-state index contributed by atoms with van der Waals surface area (Å²) in [6.45, 7) is 7.60. The highest BCUT2D eigenvalue weighted by atomic mass is 14.9. The fraction of sp³-hybridized carbons (Fsp3) is 0.625. The van der Waals surface area contributed by atoms with Crippen LogP contribution in [0.3, 0.4) is 0 Å². The van der Waals surface area contributed by atoms with Crippen molar-refractivity contribution in [2.45, 2.75) is 51.5 Å². The Morgan fingerprint density at radius 3 is 2.61 bits per heavy atom. The van der Waals surface area contributed by atoms with Gasteiger partial charge in [0.1, 0.15) is 0 Å². The van der Waals surface area contributed by atoms with Gasteiger partial charge in [-0.2, -0.15) is 0 Å². The molecule has 1 aromatic carbocycles. The highest BCUT2D eigenvalue weighted by molar-refractivity contribution is 5.54. The van der Waals surface area contributed by atoms with Crippen LogP contribution >= 0.6 is 0 Å².